The maximum Gasteiger partial charge on any atom is 0.143 e. The molecule has 0 bridgehead atoms. The summed E-state index contributed by atoms with van der Waals surface area (Å²) in [6.45, 7) is 0.763. The van der Waals surface area contributed by atoms with Crippen LogP contribution in [0.5, 0.6) is 5.75 Å². The van der Waals surface area contributed by atoms with Gasteiger partial charge in [0.15, 0.2) is 0 Å². The fourth-order valence-electron chi connectivity index (χ4n) is 7.53. The molecule has 7 nitrogen and oxygen atoms in total. The van der Waals surface area contributed by atoms with Crippen molar-refractivity contribution in [1.82, 2.24) is 0 Å². The van der Waals surface area contributed by atoms with Gasteiger partial charge in [-0.1, -0.05) is 194 Å². The highest BCUT2D eigenvalue weighted by Gasteiger charge is 2.43. The van der Waals surface area contributed by atoms with Crippen LogP contribution in [-0.4, -0.2) is 49.8 Å². The quantitative estimate of drug-likeness (QED) is 0.0645. The van der Waals surface area contributed by atoms with Gasteiger partial charge in [0.1, 0.15) is 35.8 Å². The van der Waals surface area contributed by atoms with Crippen molar-refractivity contribution in [2.75, 3.05) is 20.3 Å². The summed E-state index contributed by atoms with van der Waals surface area (Å²) in [5, 5.41) is 11.2. The monoisotopic (exact) mass is 814 g/mol. The van der Waals surface area contributed by atoms with Crippen LogP contribution in [0.2, 0.25) is 0 Å². The van der Waals surface area contributed by atoms with Crippen LogP contribution in [0.15, 0.2) is 206 Å². The fourth-order valence-corrected chi connectivity index (χ4v) is 7.53. The van der Waals surface area contributed by atoms with Crippen LogP contribution in [0.4, 0.5) is 0 Å². The summed E-state index contributed by atoms with van der Waals surface area (Å²) in [7, 11) is 1.66. The molecule has 0 saturated carbocycles. The zero-order chi connectivity index (χ0) is 42.0. The number of hydrogen-bond acceptors (Lipinski definition) is 7. The zero-order valence-electron chi connectivity index (χ0n) is 34.6. The van der Waals surface area contributed by atoms with Crippen LogP contribution in [0.25, 0.3) is 0 Å². The smallest absolute Gasteiger partial charge is 0.143 e. The molecule has 0 unspecified atom stereocenters. The van der Waals surface area contributed by atoms with Crippen LogP contribution in [-0.2, 0) is 55.7 Å². The molecule has 0 aliphatic carbocycles. The Morgan fingerprint density at radius 1 is 0.393 bits per heavy atom. The molecule has 0 aromatic heterocycles. The van der Waals surface area contributed by atoms with E-state index in [4.69, 9.17) is 28.4 Å². The van der Waals surface area contributed by atoms with Gasteiger partial charge < -0.3 is 33.5 Å². The Kier molecular flexibility index (Phi) is 16.0. The number of benzene rings is 7. The van der Waals surface area contributed by atoms with Crippen molar-refractivity contribution >= 4 is 0 Å². The Morgan fingerprint density at radius 2 is 0.721 bits per heavy atom. The van der Waals surface area contributed by atoms with E-state index in [1.165, 1.54) is 0 Å². The van der Waals surface area contributed by atoms with E-state index >= 15 is 0 Å². The van der Waals surface area contributed by atoms with E-state index < -0.39 is 30.0 Å². The minimum atomic E-state index is -1.09. The van der Waals surface area contributed by atoms with Crippen molar-refractivity contribution in [3.63, 3.8) is 0 Å². The summed E-state index contributed by atoms with van der Waals surface area (Å²) in [5.74, 6) is 0.737. The number of aliphatic hydroxyl groups is 1. The zero-order valence-corrected chi connectivity index (χ0v) is 34.6. The molecule has 0 spiro atoms. The Bertz CT molecular complexity index is 2200. The van der Waals surface area contributed by atoms with Crippen LogP contribution >= 0.6 is 0 Å². The molecule has 0 saturated heterocycles. The average Bonchev–Trinajstić information content (AvgIpc) is 3.34. The molecular weight excluding hydrogens is 761 g/mol. The van der Waals surface area contributed by atoms with Gasteiger partial charge in [0.2, 0.25) is 0 Å². The number of hydrogen-bond donors (Lipinski definition) is 1. The van der Waals surface area contributed by atoms with E-state index in [1.54, 1.807) is 7.11 Å². The van der Waals surface area contributed by atoms with Crippen molar-refractivity contribution in [3.8, 4) is 5.75 Å². The van der Waals surface area contributed by atoms with Gasteiger partial charge in [0.05, 0.1) is 46.8 Å². The normalized spacial score (nSPS) is 13.5. The molecule has 0 heterocycles. The van der Waals surface area contributed by atoms with Gasteiger partial charge in [-0.05, 0) is 51.1 Å². The molecule has 0 fully saturated rings. The number of rotatable bonds is 23. The predicted octanol–water partition coefficient (Wildman–Crippen LogP) is 10.3. The summed E-state index contributed by atoms with van der Waals surface area (Å²) in [5.41, 5.74) is 5.60. The molecule has 61 heavy (non-hydrogen) atoms. The lowest BCUT2D eigenvalue weighted by molar-refractivity contribution is -0.209. The number of aliphatic hydroxyl groups excluding tert-OH is 1. The Hall–Kier alpha value is -5.90. The lowest BCUT2D eigenvalue weighted by atomic mass is 9.80. The molecule has 7 rings (SSSR count). The van der Waals surface area contributed by atoms with E-state index in [0.29, 0.717) is 0 Å². The highest BCUT2D eigenvalue weighted by molar-refractivity contribution is 5.48. The standard InChI is InChI=1S/C54H54O7/c1-56-49-34-32-48(33-35-49)54(46-28-16-6-17-29-46,47-30-18-7-19-31-47)61-41-51(58-38-43-22-10-3-11-23-43)53(60-40-45-26-14-5-15-27-45)52(59-39-44-24-12-4-13-25-44)50(36-55)57-37-42-20-8-2-9-21-42/h2-35,50-53,55H,36-41H2,1H3/t50-,51-,52-,53-/m1/s1. The Labute approximate surface area is 360 Å². The molecular formula is C54H54O7. The van der Waals surface area contributed by atoms with Crippen LogP contribution in [0.3, 0.4) is 0 Å². The molecule has 0 aliphatic heterocycles. The van der Waals surface area contributed by atoms with Gasteiger partial charge >= 0.3 is 0 Å². The van der Waals surface area contributed by atoms with Crippen LogP contribution in [0, 0.1) is 0 Å². The third-order valence-corrected chi connectivity index (χ3v) is 10.7. The molecule has 0 aliphatic rings. The van der Waals surface area contributed by atoms with E-state index in [0.717, 1.165) is 44.7 Å². The first-order valence-corrected chi connectivity index (χ1v) is 20.8. The van der Waals surface area contributed by atoms with E-state index in [9.17, 15) is 5.11 Å². The molecule has 0 radical (unpaired) electrons. The molecule has 4 atom stereocenters. The Balaban J connectivity index is 1.34. The van der Waals surface area contributed by atoms with Crippen LogP contribution in [0.1, 0.15) is 38.9 Å². The third kappa shape index (κ3) is 11.7. The predicted molar refractivity (Wildman–Crippen MR) is 239 cm³/mol. The second-order valence-corrected chi connectivity index (χ2v) is 14.8. The molecule has 0 amide bonds. The van der Waals surface area contributed by atoms with E-state index in [-0.39, 0.29) is 39.6 Å². The van der Waals surface area contributed by atoms with Gasteiger partial charge in [0, 0.05) is 0 Å². The lowest BCUT2D eigenvalue weighted by Gasteiger charge is -2.40. The third-order valence-electron chi connectivity index (χ3n) is 10.7. The van der Waals surface area contributed by atoms with Gasteiger partial charge in [-0.3, -0.25) is 0 Å². The number of methoxy groups -OCH3 is 1. The van der Waals surface area contributed by atoms with E-state index in [1.807, 2.05) is 182 Å². The van der Waals surface area contributed by atoms with Gasteiger partial charge in [-0.15, -0.1) is 0 Å². The minimum Gasteiger partial charge on any atom is -0.497 e. The SMILES string of the molecule is COc1ccc(C(OC[C@@H](OCc2ccccc2)[C@@H](OCc2ccccc2)[C@H](OCc2ccccc2)[C@@H](CO)OCc2ccccc2)(c2ccccc2)c2ccccc2)cc1. The van der Waals surface area contributed by atoms with Crippen molar-refractivity contribution in [2.24, 2.45) is 0 Å². The largest absolute Gasteiger partial charge is 0.497 e. The topological polar surface area (TPSA) is 75.6 Å². The fraction of sp³-hybridized carbons (Fsp3) is 0.222. The minimum absolute atomic E-state index is 0.0597. The first-order valence-electron chi connectivity index (χ1n) is 20.8. The van der Waals surface area contributed by atoms with Gasteiger partial charge in [0.25, 0.3) is 0 Å². The molecule has 312 valence electrons. The van der Waals surface area contributed by atoms with Crippen LogP contribution < -0.4 is 4.74 Å². The molecule has 7 heteroatoms. The first-order chi connectivity index (χ1) is 30.2. The molecule has 1 N–H and O–H groups in total. The van der Waals surface area contributed by atoms with Crippen molar-refractivity contribution in [1.29, 1.82) is 0 Å². The summed E-state index contributed by atoms with van der Waals surface area (Å²) >= 11 is 0. The highest BCUT2D eigenvalue weighted by Crippen LogP contribution is 2.42. The van der Waals surface area contributed by atoms with E-state index in [2.05, 4.69) is 24.3 Å². The maximum absolute atomic E-state index is 11.2. The Morgan fingerprint density at radius 3 is 1.10 bits per heavy atom. The summed E-state index contributed by atoms with van der Waals surface area (Å²) in [6, 6.07) is 68.5. The van der Waals surface area contributed by atoms with Crippen molar-refractivity contribution < 1.29 is 33.5 Å². The van der Waals surface area contributed by atoms with Crippen molar-refractivity contribution in [3.05, 3.63) is 245 Å². The summed E-state index contributed by atoms with van der Waals surface area (Å²) < 4.78 is 40.6. The lowest BCUT2D eigenvalue weighted by Crippen LogP contribution is -2.52. The molecule has 7 aromatic rings. The van der Waals surface area contributed by atoms with Gasteiger partial charge in [-0.25, -0.2) is 0 Å². The average molecular weight is 815 g/mol. The number of ether oxygens (including phenoxy) is 6. The molecule has 7 aromatic carbocycles. The van der Waals surface area contributed by atoms with Crippen molar-refractivity contribution in [2.45, 2.75) is 56.4 Å². The second kappa shape index (κ2) is 22.6. The highest BCUT2D eigenvalue weighted by atomic mass is 16.6. The van der Waals surface area contributed by atoms with Gasteiger partial charge in [-0.2, -0.15) is 0 Å². The summed E-state index contributed by atoms with van der Waals surface area (Å²) in [4.78, 5) is 0. The maximum atomic E-state index is 11.2. The first kappa shape index (κ1) is 43.2. The summed E-state index contributed by atoms with van der Waals surface area (Å²) in [6.07, 6.45) is -3.17. The second-order valence-electron chi connectivity index (χ2n) is 14.8.